The summed E-state index contributed by atoms with van der Waals surface area (Å²) in [6.45, 7) is 0. The Labute approximate surface area is 122 Å². The SMILES string of the molecule is NNC(c1ccc(F)c(F)c1)c1ccc(Cl)c(Br)c1. The Morgan fingerprint density at radius 2 is 1.68 bits per heavy atom. The van der Waals surface area contributed by atoms with Crippen LogP contribution >= 0.6 is 27.5 Å². The van der Waals surface area contributed by atoms with Gasteiger partial charge in [-0.2, -0.15) is 0 Å². The van der Waals surface area contributed by atoms with Crippen molar-refractivity contribution in [2.75, 3.05) is 0 Å². The Morgan fingerprint density at radius 3 is 2.26 bits per heavy atom. The second kappa shape index (κ2) is 5.96. The van der Waals surface area contributed by atoms with Crippen molar-refractivity contribution in [1.82, 2.24) is 5.43 Å². The first-order chi connectivity index (χ1) is 9.02. The molecule has 1 atom stereocenters. The lowest BCUT2D eigenvalue weighted by Gasteiger charge is -2.17. The smallest absolute Gasteiger partial charge is 0.159 e. The summed E-state index contributed by atoms with van der Waals surface area (Å²) in [6, 6.07) is 8.44. The van der Waals surface area contributed by atoms with Gasteiger partial charge >= 0.3 is 0 Å². The van der Waals surface area contributed by atoms with E-state index in [4.69, 9.17) is 17.4 Å². The molecule has 2 aromatic carbocycles. The van der Waals surface area contributed by atoms with Gasteiger partial charge in [0.1, 0.15) is 0 Å². The van der Waals surface area contributed by atoms with E-state index in [0.29, 0.717) is 15.1 Å². The van der Waals surface area contributed by atoms with Gasteiger partial charge in [0, 0.05) is 4.47 Å². The number of hydrazine groups is 1. The van der Waals surface area contributed by atoms with E-state index >= 15 is 0 Å². The molecule has 0 aliphatic heterocycles. The molecular weight excluding hydrogens is 338 g/mol. The lowest BCUT2D eigenvalue weighted by atomic mass is 9.99. The number of hydrogen-bond donors (Lipinski definition) is 2. The Bertz CT molecular complexity index is 556. The third-order valence-electron chi connectivity index (χ3n) is 2.72. The molecule has 2 rings (SSSR count). The molecule has 0 bridgehead atoms. The average molecular weight is 348 g/mol. The molecule has 0 aliphatic carbocycles. The van der Waals surface area contributed by atoms with Crippen LogP contribution < -0.4 is 11.3 Å². The van der Waals surface area contributed by atoms with Crippen LogP contribution in [0.4, 0.5) is 8.78 Å². The van der Waals surface area contributed by atoms with E-state index in [0.717, 1.165) is 17.7 Å². The number of benzene rings is 2. The van der Waals surface area contributed by atoms with Crippen LogP contribution in [0.25, 0.3) is 0 Å². The monoisotopic (exact) mass is 346 g/mol. The summed E-state index contributed by atoms with van der Waals surface area (Å²) < 4.78 is 26.9. The van der Waals surface area contributed by atoms with Crippen molar-refractivity contribution in [3.8, 4) is 0 Å². The van der Waals surface area contributed by atoms with E-state index in [1.54, 1.807) is 18.2 Å². The lowest BCUT2D eigenvalue weighted by Crippen LogP contribution is -2.29. The molecule has 0 heterocycles. The summed E-state index contributed by atoms with van der Waals surface area (Å²) in [5, 5.41) is 0.560. The van der Waals surface area contributed by atoms with E-state index in [9.17, 15) is 8.78 Å². The minimum Gasteiger partial charge on any atom is -0.271 e. The van der Waals surface area contributed by atoms with Gasteiger partial charge in [0.25, 0.3) is 0 Å². The van der Waals surface area contributed by atoms with Crippen molar-refractivity contribution in [2.45, 2.75) is 6.04 Å². The third kappa shape index (κ3) is 3.12. The number of nitrogens with one attached hydrogen (secondary N) is 1. The standard InChI is InChI=1S/C13H10BrClF2N2/c14-9-5-7(1-3-10(9)15)13(19-18)8-2-4-11(16)12(17)6-8/h1-6,13,19H,18H2. The molecule has 0 aromatic heterocycles. The Hall–Kier alpha value is -1.01. The Kier molecular flexibility index (Phi) is 4.52. The molecule has 2 aromatic rings. The topological polar surface area (TPSA) is 38.0 Å². The zero-order valence-corrected chi connectivity index (χ0v) is 12.0. The van der Waals surface area contributed by atoms with Crippen LogP contribution in [-0.4, -0.2) is 0 Å². The lowest BCUT2D eigenvalue weighted by molar-refractivity contribution is 0.504. The first kappa shape index (κ1) is 14.4. The Morgan fingerprint density at radius 1 is 1.05 bits per heavy atom. The molecule has 100 valence electrons. The van der Waals surface area contributed by atoms with Crippen molar-refractivity contribution >= 4 is 27.5 Å². The molecule has 0 spiro atoms. The second-order valence-corrected chi connectivity index (χ2v) is 5.21. The maximum absolute atomic E-state index is 13.3. The molecule has 19 heavy (non-hydrogen) atoms. The highest BCUT2D eigenvalue weighted by Crippen LogP contribution is 2.29. The Balaban J connectivity index is 2.43. The van der Waals surface area contributed by atoms with Gasteiger partial charge < -0.3 is 0 Å². The van der Waals surface area contributed by atoms with Crippen molar-refractivity contribution < 1.29 is 8.78 Å². The van der Waals surface area contributed by atoms with E-state index in [1.807, 2.05) is 0 Å². The number of rotatable bonds is 3. The van der Waals surface area contributed by atoms with Gasteiger partial charge in [-0.1, -0.05) is 23.7 Å². The van der Waals surface area contributed by atoms with Crippen molar-refractivity contribution in [3.05, 3.63) is 68.7 Å². The van der Waals surface area contributed by atoms with Gasteiger partial charge in [0.2, 0.25) is 0 Å². The normalized spacial score (nSPS) is 12.5. The van der Waals surface area contributed by atoms with E-state index in [-0.39, 0.29) is 0 Å². The van der Waals surface area contributed by atoms with Gasteiger partial charge in [-0.3, -0.25) is 5.84 Å². The van der Waals surface area contributed by atoms with Crippen LogP contribution in [0.15, 0.2) is 40.9 Å². The first-order valence-electron chi connectivity index (χ1n) is 5.39. The summed E-state index contributed by atoms with van der Waals surface area (Å²) in [4.78, 5) is 0. The fourth-order valence-corrected chi connectivity index (χ4v) is 2.28. The van der Waals surface area contributed by atoms with Crippen molar-refractivity contribution in [1.29, 1.82) is 0 Å². The quantitative estimate of drug-likeness (QED) is 0.652. The zero-order chi connectivity index (χ0) is 14.0. The van der Waals surface area contributed by atoms with Gasteiger partial charge in [0.15, 0.2) is 11.6 Å². The van der Waals surface area contributed by atoms with Crippen LogP contribution in [-0.2, 0) is 0 Å². The molecule has 0 saturated carbocycles. The van der Waals surface area contributed by atoms with Gasteiger partial charge in [-0.25, -0.2) is 14.2 Å². The van der Waals surface area contributed by atoms with Gasteiger partial charge in [-0.15, -0.1) is 0 Å². The molecule has 0 radical (unpaired) electrons. The highest BCUT2D eigenvalue weighted by atomic mass is 79.9. The zero-order valence-electron chi connectivity index (χ0n) is 9.63. The van der Waals surface area contributed by atoms with E-state index < -0.39 is 17.7 Å². The fourth-order valence-electron chi connectivity index (χ4n) is 1.77. The predicted octanol–water partition coefficient (Wildman–Crippen LogP) is 3.93. The molecule has 2 nitrogen and oxygen atoms in total. The summed E-state index contributed by atoms with van der Waals surface area (Å²) in [6.07, 6.45) is 0. The van der Waals surface area contributed by atoms with Crippen LogP contribution in [0.5, 0.6) is 0 Å². The van der Waals surface area contributed by atoms with Crippen LogP contribution in [0.3, 0.4) is 0 Å². The number of hydrogen-bond acceptors (Lipinski definition) is 2. The van der Waals surface area contributed by atoms with Crippen molar-refractivity contribution in [2.24, 2.45) is 5.84 Å². The molecule has 3 N–H and O–H groups in total. The third-order valence-corrected chi connectivity index (χ3v) is 3.93. The van der Waals surface area contributed by atoms with Crippen LogP contribution in [0, 0.1) is 11.6 Å². The maximum Gasteiger partial charge on any atom is 0.159 e. The average Bonchev–Trinajstić information content (AvgIpc) is 2.39. The number of nitrogens with two attached hydrogens (primary N) is 1. The largest absolute Gasteiger partial charge is 0.271 e. The summed E-state index contributed by atoms with van der Waals surface area (Å²) in [5.74, 6) is 3.70. The molecule has 0 aliphatic rings. The van der Waals surface area contributed by atoms with E-state index in [1.165, 1.54) is 6.07 Å². The molecular formula is C13H10BrClF2N2. The van der Waals surface area contributed by atoms with Gasteiger partial charge in [-0.05, 0) is 51.3 Å². The summed E-state index contributed by atoms with van der Waals surface area (Å²) >= 11 is 9.22. The molecule has 0 fully saturated rings. The number of halogens is 4. The maximum atomic E-state index is 13.3. The van der Waals surface area contributed by atoms with E-state index in [2.05, 4.69) is 21.4 Å². The van der Waals surface area contributed by atoms with Crippen LogP contribution in [0.2, 0.25) is 5.02 Å². The minimum absolute atomic E-state index is 0.455. The van der Waals surface area contributed by atoms with Crippen LogP contribution in [0.1, 0.15) is 17.2 Å². The molecule has 0 amide bonds. The minimum atomic E-state index is -0.911. The van der Waals surface area contributed by atoms with Gasteiger partial charge in [0.05, 0.1) is 11.1 Å². The summed E-state index contributed by atoms with van der Waals surface area (Å²) in [7, 11) is 0. The molecule has 6 heteroatoms. The first-order valence-corrected chi connectivity index (χ1v) is 6.56. The molecule has 1 unspecified atom stereocenters. The predicted molar refractivity (Wildman–Crippen MR) is 74.7 cm³/mol. The van der Waals surface area contributed by atoms with Crippen molar-refractivity contribution in [3.63, 3.8) is 0 Å². The summed E-state index contributed by atoms with van der Waals surface area (Å²) in [5.41, 5.74) is 3.88. The highest BCUT2D eigenvalue weighted by Gasteiger charge is 2.15. The fraction of sp³-hybridized carbons (Fsp3) is 0.0769. The highest BCUT2D eigenvalue weighted by molar-refractivity contribution is 9.10. The molecule has 0 saturated heterocycles. The second-order valence-electron chi connectivity index (χ2n) is 3.95.